The van der Waals surface area contributed by atoms with Crippen molar-refractivity contribution < 1.29 is 0 Å². The molecule has 0 radical (unpaired) electrons. The van der Waals surface area contributed by atoms with Crippen LogP contribution in [0, 0.1) is 11.8 Å². The lowest BCUT2D eigenvalue weighted by Crippen LogP contribution is -1.77. The lowest BCUT2D eigenvalue weighted by molar-refractivity contribution is 0.626. The van der Waals surface area contributed by atoms with Gasteiger partial charge in [-0.2, -0.15) is 0 Å². The molecule has 0 unspecified atom stereocenters. The van der Waals surface area contributed by atoms with Gasteiger partial charge in [0.15, 0.2) is 0 Å². The predicted molar refractivity (Wildman–Crippen MR) is 52.4 cm³/mol. The highest BCUT2D eigenvalue weighted by Gasteiger charge is 1.80. The van der Waals surface area contributed by atoms with Crippen LogP contribution in [0.3, 0.4) is 0 Å². The molecular weight excluding hydrogens is 120 g/mol. The largest absolute Gasteiger partial charge is 0.0776 e. The van der Waals surface area contributed by atoms with E-state index < -0.39 is 0 Å². The van der Waals surface area contributed by atoms with Gasteiger partial charge in [0.25, 0.3) is 0 Å². The van der Waals surface area contributed by atoms with Crippen molar-refractivity contribution in [2.24, 2.45) is 11.8 Å². The zero-order valence-electron chi connectivity index (χ0n) is 7.86. The molecule has 0 aromatic heterocycles. The van der Waals surface area contributed by atoms with Crippen LogP contribution in [0.25, 0.3) is 0 Å². The molecule has 0 heteroatoms. The van der Waals surface area contributed by atoms with Crippen LogP contribution in [0.2, 0.25) is 0 Å². The van der Waals surface area contributed by atoms with Gasteiger partial charge < -0.3 is 0 Å². The SMILES string of the molecule is C.CC(C)C.CCC(C)C. The standard InChI is InChI=1S/C5H12.C4H10.CH4/c1-4-5(2)3;1-4(2)3;/h5H,4H2,1-3H3;4H,1-3H3;1H4. The zero-order chi connectivity index (χ0) is 7.86. The molecule has 0 aromatic carbocycles. The van der Waals surface area contributed by atoms with Crippen LogP contribution < -0.4 is 0 Å². The van der Waals surface area contributed by atoms with Gasteiger partial charge in [0.1, 0.15) is 0 Å². The van der Waals surface area contributed by atoms with Gasteiger partial charge in [-0.15, -0.1) is 0 Å². The Morgan fingerprint density at radius 3 is 1.00 bits per heavy atom. The number of hydrogen-bond donors (Lipinski definition) is 0. The lowest BCUT2D eigenvalue weighted by Gasteiger charge is -1.90. The van der Waals surface area contributed by atoms with Gasteiger partial charge in [-0.25, -0.2) is 0 Å². The molecule has 0 aliphatic carbocycles. The van der Waals surface area contributed by atoms with Gasteiger partial charge in [0, 0.05) is 0 Å². The minimum absolute atomic E-state index is 0. The van der Waals surface area contributed by atoms with E-state index >= 15 is 0 Å². The Morgan fingerprint density at radius 2 is 1.00 bits per heavy atom. The molecule has 0 bridgehead atoms. The second kappa shape index (κ2) is 11.8. The molecule has 66 valence electrons. The van der Waals surface area contributed by atoms with Crippen molar-refractivity contribution in [3.05, 3.63) is 0 Å². The van der Waals surface area contributed by atoms with Crippen molar-refractivity contribution in [1.29, 1.82) is 0 Å². The molecule has 0 aliphatic heterocycles. The molecule has 0 saturated carbocycles. The molecule has 0 N–H and O–H groups in total. The molecule has 0 atom stereocenters. The minimum atomic E-state index is 0. The Kier molecular flexibility index (Phi) is 19.4. The highest BCUT2D eigenvalue weighted by molar-refractivity contribution is 4.32. The van der Waals surface area contributed by atoms with Crippen molar-refractivity contribution in [3.8, 4) is 0 Å². The molecule has 0 amide bonds. The van der Waals surface area contributed by atoms with Gasteiger partial charge in [-0.1, -0.05) is 55.4 Å². The average Bonchev–Trinajstić information content (AvgIpc) is 1.65. The molecule has 0 heterocycles. The molecule has 0 aliphatic rings. The van der Waals surface area contributed by atoms with Crippen LogP contribution in [0.15, 0.2) is 0 Å². The molecule has 0 rings (SSSR count). The molecule has 0 saturated heterocycles. The average molecular weight is 146 g/mol. The first kappa shape index (κ1) is 16.5. The van der Waals surface area contributed by atoms with Gasteiger partial charge in [0.05, 0.1) is 0 Å². The fraction of sp³-hybridized carbons (Fsp3) is 1.00. The molecule has 0 spiro atoms. The molecule has 0 aromatic rings. The Balaban J connectivity index is -0.0000000910. The smallest absolute Gasteiger partial charge is 0.0474 e. The van der Waals surface area contributed by atoms with E-state index in [4.69, 9.17) is 0 Å². The third-order valence-electron chi connectivity index (χ3n) is 0.816. The maximum absolute atomic E-state index is 2.22. The summed E-state index contributed by atoms with van der Waals surface area (Å²) in [6.07, 6.45) is 1.31. The summed E-state index contributed by atoms with van der Waals surface area (Å²) in [5.74, 6) is 1.72. The first-order valence-corrected chi connectivity index (χ1v) is 4.00. The number of hydrogen-bond acceptors (Lipinski definition) is 0. The van der Waals surface area contributed by atoms with E-state index in [1.807, 2.05) is 0 Å². The fourth-order valence-electron chi connectivity index (χ4n) is 0. The van der Waals surface area contributed by atoms with Gasteiger partial charge >= 0.3 is 0 Å². The van der Waals surface area contributed by atoms with Crippen LogP contribution in [0.1, 0.15) is 55.4 Å². The third kappa shape index (κ3) is 98.0. The summed E-state index contributed by atoms with van der Waals surface area (Å²) >= 11 is 0. The number of rotatable bonds is 1. The van der Waals surface area contributed by atoms with Crippen molar-refractivity contribution >= 4 is 0 Å². The Bertz CT molecular complexity index is 32.5. The van der Waals surface area contributed by atoms with E-state index in [2.05, 4.69) is 41.5 Å². The van der Waals surface area contributed by atoms with E-state index in [9.17, 15) is 0 Å². The maximum Gasteiger partial charge on any atom is -0.0474 e. The second-order valence-corrected chi connectivity index (χ2v) is 3.53. The first-order valence-electron chi connectivity index (χ1n) is 4.00. The second-order valence-electron chi connectivity index (χ2n) is 3.53. The highest BCUT2D eigenvalue weighted by atomic mass is 13.9. The normalized spacial score (nSPS) is 8.40. The van der Waals surface area contributed by atoms with E-state index in [1.165, 1.54) is 6.42 Å². The molecular formula is C10H26. The topological polar surface area (TPSA) is 0 Å². The Morgan fingerprint density at radius 1 is 0.900 bits per heavy atom. The van der Waals surface area contributed by atoms with Crippen molar-refractivity contribution in [2.75, 3.05) is 0 Å². The van der Waals surface area contributed by atoms with Crippen molar-refractivity contribution in [1.82, 2.24) is 0 Å². The summed E-state index contributed by atoms with van der Waals surface area (Å²) in [6.45, 7) is 13.1. The summed E-state index contributed by atoms with van der Waals surface area (Å²) < 4.78 is 0. The quantitative estimate of drug-likeness (QED) is 0.516. The Hall–Kier alpha value is 0. The summed E-state index contributed by atoms with van der Waals surface area (Å²) in [4.78, 5) is 0. The van der Waals surface area contributed by atoms with Crippen molar-refractivity contribution in [2.45, 2.75) is 55.4 Å². The predicted octanol–water partition coefficient (Wildman–Crippen LogP) is 4.35. The summed E-state index contributed by atoms with van der Waals surface area (Å²) in [6, 6.07) is 0. The van der Waals surface area contributed by atoms with E-state index in [0.29, 0.717) is 0 Å². The fourth-order valence-corrected chi connectivity index (χ4v) is 0. The molecule has 0 nitrogen and oxygen atoms in total. The van der Waals surface area contributed by atoms with E-state index in [-0.39, 0.29) is 7.43 Å². The first-order chi connectivity index (χ1) is 4.00. The molecule has 10 heavy (non-hydrogen) atoms. The van der Waals surface area contributed by atoms with Crippen LogP contribution in [-0.2, 0) is 0 Å². The third-order valence-corrected chi connectivity index (χ3v) is 0.816. The van der Waals surface area contributed by atoms with Crippen LogP contribution in [0.4, 0.5) is 0 Å². The summed E-state index contributed by atoms with van der Waals surface area (Å²) in [5.41, 5.74) is 0. The van der Waals surface area contributed by atoms with Crippen LogP contribution in [0.5, 0.6) is 0 Å². The zero-order valence-corrected chi connectivity index (χ0v) is 7.86. The summed E-state index contributed by atoms with van der Waals surface area (Å²) in [5, 5.41) is 0. The van der Waals surface area contributed by atoms with Gasteiger partial charge in [0.2, 0.25) is 0 Å². The minimum Gasteiger partial charge on any atom is -0.0776 e. The maximum atomic E-state index is 2.22. The lowest BCUT2D eigenvalue weighted by atomic mass is 10.2. The highest BCUT2D eigenvalue weighted by Crippen LogP contribution is 1.93. The van der Waals surface area contributed by atoms with E-state index in [1.54, 1.807) is 0 Å². The van der Waals surface area contributed by atoms with Crippen LogP contribution in [-0.4, -0.2) is 0 Å². The summed E-state index contributed by atoms with van der Waals surface area (Å²) in [7, 11) is 0. The monoisotopic (exact) mass is 146 g/mol. The van der Waals surface area contributed by atoms with Gasteiger partial charge in [-0.3, -0.25) is 0 Å². The van der Waals surface area contributed by atoms with Crippen molar-refractivity contribution in [3.63, 3.8) is 0 Å². The van der Waals surface area contributed by atoms with E-state index in [0.717, 1.165) is 11.8 Å². The Labute approximate surface area is 68.0 Å². The molecule has 0 fully saturated rings. The van der Waals surface area contributed by atoms with Gasteiger partial charge in [-0.05, 0) is 11.8 Å². The van der Waals surface area contributed by atoms with Crippen LogP contribution >= 0.6 is 0 Å².